The second-order valence-corrected chi connectivity index (χ2v) is 5.56. The lowest BCUT2D eigenvalue weighted by atomic mass is 10.2. The maximum absolute atomic E-state index is 12.1. The fraction of sp³-hybridized carbons (Fsp3) is 0.222. The number of nitrogens with one attached hydrogen (secondary N) is 2. The number of amides is 2. The van der Waals surface area contributed by atoms with Gasteiger partial charge in [-0.2, -0.15) is 0 Å². The molecule has 2 aromatic rings. The van der Waals surface area contributed by atoms with Gasteiger partial charge >= 0.3 is 0 Å². The number of halogens is 1. The predicted octanol–water partition coefficient (Wildman–Crippen LogP) is 2.59. The summed E-state index contributed by atoms with van der Waals surface area (Å²) in [5, 5.41) is 0.550. The van der Waals surface area contributed by atoms with Crippen LogP contribution < -0.4 is 25.1 Å². The van der Waals surface area contributed by atoms with E-state index in [-0.39, 0.29) is 18.9 Å². The van der Waals surface area contributed by atoms with Crippen LogP contribution in [0.4, 0.5) is 0 Å². The van der Waals surface area contributed by atoms with E-state index in [0.29, 0.717) is 27.8 Å². The Morgan fingerprint density at radius 1 is 1.00 bits per heavy atom. The van der Waals surface area contributed by atoms with Crippen LogP contribution in [0.5, 0.6) is 17.2 Å². The van der Waals surface area contributed by atoms with Gasteiger partial charge in [0.1, 0.15) is 5.75 Å². The third kappa shape index (κ3) is 5.56. The van der Waals surface area contributed by atoms with Gasteiger partial charge in [0, 0.05) is 10.6 Å². The Bertz CT molecular complexity index is 782. The van der Waals surface area contributed by atoms with Crippen molar-refractivity contribution in [3.8, 4) is 17.2 Å². The standard InChI is InChI=1S/C18H19ClN2O5/c1-24-15-7-6-12(10-16(15)25-2)18(23)21-20-17(22)8-9-26-14-5-3-4-13(19)11-14/h3-7,10-11H,8-9H2,1-2H3,(H,20,22)(H,21,23). The minimum Gasteiger partial charge on any atom is -0.493 e. The predicted molar refractivity (Wildman–Crippen MR) is 96.7 cm³/mol. The van der Waals surface area contributed by atoms with E-state index in [1.54, 1.807) is 36.4 Å². The maximum Gasteiger partial charge on any atom is 0.269 e. The van der Waals surface area contributed by atoms with E-state index >= 15 is 0 Å². The first-order valence-corrected chi connectivity index (χ1v) is 8.11. The van der Waals surface area contributed by atoms with Crippen LogP contribution >= 0.6 is 11.6 Å². The van der Waals surface area contributed by atoms with E-state index in [9.17, 15) is 9.59 Å². The van der Waals surface area contributed by atoms with Crippen molar-refractivity contribution in [3.05, 3.63) is 53.1 Å². The average Bonchev–Trinajstić information content (AvgIpc) is 2.65. The van der Waals surface area contributed by atoms with Gasteiger partial charge in [-0.3, -0.25) is 20.4 Å². The van der Waals surface area contributed by atoms with Crippen LogP contribution in [0.25, 0.3) is 0 Å². The third-order valence-corrected chi connectivity index (χ3v) is 3.59. The molecule has 7 nitrogen and oxygen atoms in total. The summed E-state index contributed by atoms with van der Waals surface area (Å²) < 4.78 is 15.7. The van der Waals surface area contributed by atoms with Gasteiger partial charge in [0.05, 0.1) is 27.2 Å². The number of carbonyl (C=O) groups is 2. The van der Waals surface area contributed by atoms with Crippen LogP contribution in [-0.4, -0.2) is 32.6 Å². The van der Waals surface area contributed by atoms with Gasteiger partial charge in [0.15, 0.2) is 11.5 Å². The molecule has 2 N–H and O–H groups in total. The number of benzene rings is 2. The normalized spacial score (nSPS) is 9.96. The molecule has 0 aliphatic carbocycles. The zero-order chi connectivity index (χ0) is 18.9. The highest BCUT2D eigenvalue weighted by atomic mass is 35.5. The lowest BCUT2D eigenvalue weighted by Gasteiger charge is -2.11. The molecular formula is C18H19ClN2O5. The molecule has 0 saturated carbocycles. The molecule has 0 spiro atoms. The Balaban J connectivity index is 1.78. The van der Waals surface area contributed by atoms with Crippen LogP contribution in [0.15, 0.2) is 42.5 Å². The van der Waals surface area contributed by atoms with Crippen molar-refractivity contribution in [2.45, 2.75) is 6.42 Å². The first-order valence-electron chi connectivity index (χ1n) is 7.73. The van der Waals surface area contributed by atoms with E-state index in [2.05, 4.69) is 10.9 Å². The summed E-state index contributed by atoms with van der Waals surface area (Å²) in [6.07, 6.45) is 0.0682. The van der Waals surface area contributed by atoms with Gasteiger partial charge in [-0.1, -0.05) is 17.7 Å². The highest BCUT2D eigenvalue weighted by molar-refractivity contribution is 6.30. The van der Waals surface area contributed by atoms with Crippen molar-refractivity contribution in [2.75, 3.05) is 20.8 Å². The van der Waals surface area contributed by atoms with Gasteiger partial charge in [-0.25, -0.2) is 0 Å². The van der Waals surface area contributed by atoms with Gasteiger partial charge in [-0.05, 0) is 36.4 Å². The monoisotopic (exact) mass is 378 g/mol. The average molecular weight is 379 g/mol. The van der Waals surface area contributed by atoms with E-state index in [0.717, 1.165) is 0 Å². The smallest absolute Gasteiger partial charge is 0.269 e. The second kappa shape index (κ2) is 9.53. The number of carbonyl (C=O) groups excluding carboxylic acids is 2. The van der Waals surface area contributed by atoms with E-state index in [1.165, 1.54) is 20.3 Å². The summed E-state index contributed by atoms with van der Waals surface area (Å²) in [5.74, 6) is 0.628. The largest absolute Gasteiger partial charge is 0.493 e. The molecule has 0 bridgehead atoms. The summed E-state index contributed by atoms with van der Waals surface area (Å²) >= 11 is 5.85. The van der Waals surface area contributed by atoms with E-state index in [1.807, 2.05) is 0 Å². The molecule has 0 aliphatic rings. The minimum atomic E-state index is -0.477. The molecule has 0 radical (unpaired) electrons. The topological polar surface area (TPSA) is 85.9 Å². The van der Waals surface area contributed by atoms with Crippen LogP contribution in [-0.2, 0) is 4.79 Å². The molecule has 0 saturated heterocycles. The van der Waals surface area contributed by atoms with Crippen molar-refractivity contribution in [1.82, 2.24) is 10.9 Å². The van der Waals surface area contributed by atoms with Crippen LogP contribution in [0.3, 0.4) is 0 Å². The molecule has 0 atom stereocenters. The van der Waals surface area contributed by atoms with E-state index < -0.39 is 5.91 Å². The summed E-state index contributed by atoms with van der Waals surface area (Å²) in [5.41, 5.74) is 4.98. The van der Waals surface area contributed by atoms with Gasteiger partial charge in [-0.15, -0.1) is 0 Å². The molecule has 0 fully saturated rings. The molecule has 0 aromatic heterocycles. The molecule has 2 amide bonds. The Labute approximate surface area is 156 Å². The number of hydrogen-bond acceptors (Lipinski definition) is 5. The number of methoxy groups -OCH3 is 2. The van der Waals surface area contributed by atoms with Crippen molar-refractivity contribution < 1.29 is 23.8 Å². The Hall–Kier alpha value is -2.93. The number of hydrogen-bond donors (Lipinski definition) is 2. The SMILES string of the molecule is COc1ccc(C(=O)NNC(=O)CCOc2cccc(Cl)c2)cc1OC. The Morgan fingerprint density at radius 2 is 1.77 bits per heavy atom. The summed E-state index contributed by atoms with van der Waals surface area (Å²) in [6, 6.07) is 11.6. The van der Waals surface area contributed by atoms with Gasteiger partial charge in [0.2, 0.25) is 5.91 Å². The number of hydrazine groups is 1. The molecule has 0 heterocycles. The van der Waals surface area contributed by atoms with Crippen molar-refractivity contribution in [1.29, 1.82) is 0 Å². The molecule has 0 aliphatic heterocycles. The van der Waals surface area contributed by atoms with Crippen molar-refractivity contribution >= 4 is 23.4 Å². The highest BCUT2D eigenvalue weighted by Crippen LogP contribution is 2.27. The zero-order valence-corrected chi connectivity index (χ0v) is 15.1. The van der Waals surface area contributed by atoms with Crippen molar-refractivity contribution in [2.24, 2.45) is 0 Å². The number of ether oxygens (including phenoxy) is 3. The zero-order valence-electron chi connectivity index (χ0n) is 14.4. The lowest BCUT2D eigenvalue weighted by Crippen LogP contribution is -2.42. The van der Waals surface area contributed by atoms with Gasteiger partial charge in [0.25, 0.3) is 5.91 Å². The van der Waals surface area contributed by atoms with Crippen LogP contribution in [0, 0.1) is 0 Å². The highest BCUT2D eigenvalue weighted by Gasteiger charge is 2.11. The minimum absolute atomic E-state index is 0.0682. The third-order valence-electron chi connectivity index (χ3n) is 3.36. The first kappa shape index (κ1) is 19.4. The first-order chi connectivity index (χ1) is 12.5. The Kier molecular flexibility index (Phi) is 7.11. The molecular weight excluding hydrogens is 360 g/mol. The van der Waals surface area contributed by atoms with Crippen LogP contribution in [0.2, 0.25) is 5.02 Å². The lowest BCUT2D eigenvalue weighted by molar-refractivity contribution is -0.122. The molecule has 0 unspecified atom stereocenters. The van der Waals surface area contributed by atoms with Crippen LogP contribution in [0.1, 0.15) is 16.8 Å². The maximum atomic E-state index is 12.1. The summed E-state index contributed by atoms with van der Waals surface area (Å²) in [7, 11) is 2.98. The van der Waals surface area contributed by atoms with Gasteiger partial charge < -0.3 is 14.2 Å². The fourth-order valence-corrected chi connectivity index (χ4v) is 2.24. The molecule has 8 heteroatoms. The fourth-order valence-electron chi connectivity index (χ4n) is 2.06. The number of rotatable bonds is 7. The molecule has 138 valence electrons. The van der Waals surface area contributed by atoms with E-state index in [4.69, 9.17) is 25.8 Å². The summed E-state index contributed by atoms with van der Waals surface area (Å²) in [4.78, 5) is 23.9. The second-order valence-electron chi connectivity index (χ2n) is 5.13. The molecule has 26 heavy (non-hydrogen) atoms. The quantitative estimate of drug-likeness (QED) is 0.723. The molecule has 2 rings (SSSR count). The van der Waals surface area contributed by atoms with Crippen molar-refractivity contribution in [3.63, 3.8) is 0 Å². The Morgan fingerprint density at radius 3 is 2.46 bits per heavy atom. The summed E-state index contributed by atoms with van der Waals surface area (Å²) in [6.45, 7) is 0.151. The molecule has 2 aromatic carbocycles.